The Morgan fingerprint density at radius 2 is 1.75 bits per heavy atom. The third kappa shape index (κ3) is 2.97. The predicted molar refractivity (Wildman–Crippen MR) is 106 cm³/mol. The van der Waals surface area contributed by atoms with E-state index in [1.54, 1.807) is 28.7 Å². The summed E-state index contributed by atoms with van der Waals surface area (Å²) in [6, 6.07) is 14.5. The number of hydrogen-bond donors (Lipinski definition) is 1. The second-order valence-corrected chi connectivity index (χ2v) is 8.51. The fourth-order valence-corrected chi connectivity index (χ4v) is 3.78. The molecule has 28 heavy (non-hydrogen) atoms. The Kier molecular flexibility index (Phi) is 4.08. The van der Waals surface area contributed by atoms with Crippen molar-refractivity contribution in [2.24, 2.45) is 0 Å². The maximum absolute atomic E-state index is 12.8. The number of nitrogens with zero attached hydrogens (tertiary/aromatic N) is 1. The van der Waals surface area contributed by atoms with E-state index in [0.29, 0.717) is 16.6 Å². The molecule has 4 aromatic rings. The number of aryl methyl sites for hydroxylation is 1. The molecule has 0 aliphatic heterocycles. The van der Waals surface area contributed by atoms with Gasteiger partial charge in [-0.2, -0.15) is 0 Å². The van der Waals surface area contributed by atoms with Crippen LogP contribution in [0.2, 0.25) is 0 Å². The van der Waals surface area contributed by atoms with Crippen molar-refractivity contribution >= 4 is 38.0 Å². The van der Waals surface area contributed by atoms with E-state index in [1.807, 2.05) is 13.0 Å². The highest BCUT2D eigenvalue weighted by molar-refractivity contribution is 7.90. The number of nitrogens with one attached hydrogen (secondary N) is 1. The monoisotopic (exact) mass is 396 g/mol. The van der Waals surface area contributed by atoms with Gasteiger partial charge in [0.2, 0.25) is 5.71 Å². The number of benzene rings is 2. The molecule has 1 N–H and O–H groups in total. The Morgan fingerprint density at radius 3 is 2.43 bits per heavy atom. The summed E-state index contributed by atoms with van der Waals surface area (Å²) in [7, 11) is -3.32. The smallest absolute Gasteiger partial charge is 0.346 e. The van der Waals surface area contributed by atoms with Crippen LogP contribution in [0.3, 0.4) is 0 Å². The molecule has 2 aromatic carbocycles. The molecule has 0 aliphatic carbocycles. The van der Waals surface area contributed by atoms with Crippen molar-refractivity contribution in [1.82, 2.24) is 4.40 Å². The van der Waals surface area contributed by atoms with Crippen LogP contribution < -0.4 is 10.9 Å². The largest absolute Gasteiger partial charge is 0.404 e. The molecule has 0 aliphatic rings. The zero-order valence-electron chi connectivity index (χ0n) is 15.1. The predicted octanol–water partition coefficient (Wildman–Crippen LogP) is 3.01. The Bertz CT molecular complexity index is 1400. The normalized spacial score (nSPS) is 11.8. The van der Waals surface area contributed by atoms with Gasteiger partial charge in [0.05, 0.1) is 15.8 Å². The van der Waals surface area contributed by atoms with Crippen molar-refractivity contribution in [2.75, 3.05) is 11.6 Å². The minimum Gasteiger partial charge on any atom is -0.404 e. The number of carbonyl (C=O) groups excluding carboxylic acids is 1. The molecular weight excluding hydrogens is 380 g/mol. The number of sulfone groups is 1. The van der Waals surface area contributed by atoms with Gasteiger partial charge >= 0.3 is 5.63 Å². The van der Waals surface area contributed by atoms with E-state index in [-0.39, 0.29) is 16.2 Å². The van der Waals surface area contributed by atoms with Crippen LogP contribution in [-0.2, 0) is 9.84 Å². The van der Waals surface area contributed by atoms with Gasteiger partial charge < -0.3 is 9.73 Å². The molecule has 0 bridgehead atoms. The van der Waals surface area contributed by atoms with E-state index < -0.39 is 21.4 Å². The number of rotatable bonds is 3. The molecule has 1 amide bonds. The summed E-state index contributed by atoms with van der Waals surface area (Å²) in [4.78, 5) is 25.2. The molecule has 0 radical (unpaired) electrons. The standard InChI is InChI=1S/C20H16N2O5S/c1-12-11-16(18(23)21-13-7-9-14(10-8-13)28(2,25)26)19-22(12)17-6-4-3-5-15(17)20(24)27-19/h3-11H,1-2H3,(H,21,23). The van der Waals surface area contributed by atoms with Crippen molar-refractivity contribution < 1.29 is 17.6 Å². The highest BCUT2D eigenvalue weighted by Crippen LogP contribution is 2.23. The van der Waals surface area contributed by atoms with Crippen LogP contribution in [0.15, 0.2) is 68.7 Å². The molecule has 0 saturated heterocycles. The van der Waals surface area contributed by atoms with Crippen molar-refractivity contribution in [1.29, 1.82) is 0 Å². The molecule has 8 heteroatoms. The summed E-state index contributed by atoms with van der Waals surface area (Å²) in [5, 5.41) is 3.13. The second kappa shape index (κ2) is 6.35. The number of hydrogen-bond acceptors (Lipinski definition) is 5. The van der Waals surface area contributed by atoms with Crippen molar-refractivity contribution in [3.8, 4) is 0 Å². The average molecular weight is 396 g/mol. The van der Waals surface area contributed by atoms with E-state index in [9.17, 15) is 18.0 Å². The summed E-state index contributed by atoms with van der Waals surface area (Å²) >= 11 is 0. The third-order valence-electron chi connectivity index (χ3n) is 4.48. The second-order valence-electron chi connectivity index (χ2n) is 6.50. The van der Waals surface area contributed by atoms with Crippen LogP contribution in [0.1, 0.15) is 16.1 Å². The van der Waals surface area contributed by atoms with Gasteiger partial charge in [0.15, 0.2) is 9.84 Å². The molecule has 2 aromatic heterocycles. The van der Waals surface area contributed by atoms with E-state index >= 15 is 0 Å². The van der Waals surface area contributed by atoms with Crippen LogP contribution in [-0.4, -0.2) is 25.0 Å². The van der Waals surface area contributed by atoms with Crippen molar-refractivity contribution in [3.05, 3.63) is 76.3 Å². The molecule has 7 nitrogen and oxygen atoms in total. The molecule has 0 unspecified atom stereocenters. The number of anilines is 1. The molecule has 0 atom stereocenters. The number of carbonyl (C=O) groups is 1. The Morgan fingerprint density at radius 1 is 1.07 bits per heavy atom. The number of aromatic nitrogens is 1. The summed E-state index contributed by atoms with van der Waals surface area (Å²) in [5.74, 6) is -0.462. The lowest BCUT2D eigenvalue weighted by Gasteiger charge is -2.06. The minimum atomic E-state index is -3.32. The topological polar surface area (TPSA) is 97.9 Å². The third-order valence-corrected chi connectivity index (χ3v) is 5.61. The molecule has 0 fully saturated rings. The van der Waals surface area contributed by atoms with Gasteiger partial charge in [-0.15, -0.1) is 0 Å². The van der Waals surface area contributed by atoms with Crippen molar-refractivity contribution in [3.63, 3.8) is 0 Å². The van der Waals surface area contributed by atoms with Gasteiger partial charge in [0, 0.05) is 17.6 Å². The fourth-order valence-electron chi connectivity index (χ4n) is 3.15. The van der Waals surface area contributed by atoms with Gasteiger partial charge in [-0.3, -0.25) is 9.20 Å². The van der Waals surface area contributed by atoms with Crippen LogP contribution >= 0.6 is 0 Å². The minimum absolute atomic E-state index is 0.159. The van der Waals surface area contributed by atoms with Crippen LogP contribution in [0.25, 0.3) is 16.6 Å². The first-order chi connectivity index (χ1) is 13.3. The summed E-state index contributed by atoms with van der Waals surface area (Å²) in [6.45, 7) is 1.82. The van der Waals surface area contributed by atoms with E-state index in [0.717, 1.165) is 11.9 Å². The first-order valence-electron chi connectivity index (χ1n) is 8.41. The number of fused-ring (bicyclic) bond motifs is 3. The van der Waals surface area contributed by atoms with E-state index in [1.165, 1.54) is 24.3 Å². The fraction of sp³-hybridized carbons (Fsp3) is 0.100. The molecule has 0 saturated carbocycles. The lowest BCUT2D eigenvalue weighted by molar-refractivity contribution is 0.102. The van der Waals surface area contributed by atoms with Crippen LogP contribution in [0.4, 0.5) is 5.69 Å². The van der Waals surface area contributed by atoms with Crippen molar-refractivity contribution in [2.45, 2.75) is 11.8 Å². The molecule has 2 heterocycles. The van der Waals surface area contributed by atoms with Gasteiger partial charge in [-0.25, -0.2) is 13.2 Å². The maximum atomic E-state index is 12.8. The summed E-state index contributed by atoms with van der Waals surface area (Å²) in [5.41, 5.74) is 1.68. The molecule has 0 spiro atoms. The molecule has 4 rings (SSSR count). The quantitative estimate of drug-likeness (QED) is 0.574. The van der Waals surface area contributed by atoms with Gasteiger partial charge in [-0.05, 0) is 49.4 Å². The zero-order valence-corrected chi connectivity index (χ0v) is 15.9. The van der Waals surface area contributed by atoms with Gasteiger partial charge in [0.25, 0.3) is 5.91 Å². The molecule has 142 valence electrons. The van der Waals surface area contributed by atoms with Gasteiger partial charge in [0.1, 0.15) is 5.56 Å². The summed E-state index contributed by atoms with van der Waals surface area (Å²) in [6.07, 6.45) is 1.11. The highest BCUT2D eigenvalue weighted by Gasteiger charge is 2.19. The first-order valence-corrected chi connectivity index (χ1v) is 10.3. The van der Waals surface area contributed by atoms with E-state index in [4.69, 9.17) is 4.42 Å². The van der Waals surface area contributed by atoms with Crippen LogP contribution in [0.5, 0.6) is 0 Å². The summed E-state index contributed by atoms with van der Waals surface area (Å²) < 4.78 is 30.2. The Hall–Kier alpha value is -3.39. The van der Waals surface area contributed by atoms with Gasteiger partial charge in [-0.1, -0.05) is 12.1 Å². The Labute approximate surface area is 160 Å². The average Bonchev–Trinajstić information content (AvgIpc) is 2.98. The lowest BCUT2D eigenvalue weighted by atomic mass is 10.2. The Balaban J connectivity index is 1.77. The highest BCUT2D eigenvalue weighted by atomic mass is 32.2. The number of amides is 1. The number of para-hydroxylation sites is 1. The SMILES string of the molecule is Cc1cc(C(=O)Nc2ccc(S(C)(=O)=O)cc2)c2oc(=O)c3ccccc3n12. The molecular formula is C20H16N2O5S. The maximum Gasteiger partial charge on any atom is 0.346 e. The zero-order chi connectivity index (χ0) is 20.1. The van der Waals surface area contributed by atoms with Crippen LogP contribution in [0, 0.1) is 6.92 Å². The lowest BCUT2D eigenvalue weighted by Crippen LogP contribution is -2.13. The van der Waals surface area contributed by atoms with E-state index in [2.05, 4.69) is 5.32 Å². The first kappa shape index (κ1) is 18.0.